The van der Waals surface area contributed by atoms with Crippen molar-refractivity contribution in [3.63, 3.8) is 0 Å². The highest BCUT2D eigenvalue weighted by Gasteiger charge is 2.55. The van der Waals surface area contributed by atoms with Crippen molar-refractivity contribution >= 4 is 17.4 Å². The molecular weight excluding hydrogens is 412 g/mol. The highest BCUT2D eigenvalue weighted by atomic mass is 16.3. The topological polar surface area (TPSA) is 68.7 Å². The predicted molar refractivity (Wildman–Crippen MR) is 130 cm³/mol. The standard InChI is InChI=1S/C27H34N4O2/c1-18-5-7-22(8-6-18)30-9-11-31(12-10-30)24-4-2-3-23(28-24)26(32)29-25-20-13-19-14-21(25)17-27(33,15-19)16-20/h2-8,19-21,25,33H,9-17H2,1H3,(H,29,32). The van der Waals surface area contributed by atoms with Crippen LogP contribution in [0.5, 0.6) is 0 Å². The molecule has 2 heterocycles. The molecule has 1 saturated heterocycles. The van der Waals surface area contributed by atoms with E-state index in [-0.39, 0.29) is 11.9 Å². The lowest BCUT2D eigenvalue weighted by molar-refractivity contribution is -0.136. The van der Waals surface area contributed by atoms with Gasteiger partial charge in [-0.05, 0) is 81.0 Å². The van der Waals surface area contributed by atoms with Crippen molar-refractivity contribution in [3.05, 3.63) is 53.7 Å². The number of benzene rings is 1. The number of carbonyl (C=O) groups is 1. The summed E-state index contributed by atoms with van der Waals surface area (Å²) in [6.45, 7) is 5.77. The van der Waals surface area contributed by atoms with Crippen LogP contribution in [-0.2, 0) is 0 Å². The van der Waals surface area contributed by atoms with Gasteiger partial charge in [-0.3, -0.25) is 4.79 Å². The second-order valence-corrected chi connectivity index (χ2v) is 10.9. The third kappa shape index (κ3) is 3.99. The van der Waals surface area contributed by atoms with E-state index >= 15 is 0 Å². The van der Waals surface area contributed by atoms with E-state index < -0.39 is 5.60 Å². The number of nitrogens with zero attached hydrogens (tertiary/aromatic N) is 3. The molecule has 7 rings (SSSR count). The summed E-state index contributed by atoms with van der Waals surface area (Å²) in [6, 6.07) is 14.7. The van der Waals surface area contributed by atoms with E-state index in [4.69, 9.17) is 4.98 Å². The molecule has 5 aliphatic rings. The van der Waals surface area contributed by atoms with Gasteiger partial charge in [0.05, 0.1) is 5.60 Å². The Labute approximate surface area is 196 Å². The maximum Gasteiger partial charge on any atom is 0.270 e. The summed E-state index contributed by atoms with van der Waals surface area (Å²) < 4.78 is 0. The molecule has 4 bridgehead atoms. The molecular formula is C27H34N4O2. The number of anilines is 2. The molecule has 2 unspecified atom stereocenters. The summed E-state index contributed by atoms with van der Waals surface area (Å²) in [7, 11) is 0. The zero-order chi connectivity index (χ0) is 22.6. The summed E-state index contributed by atoms with van der Waals surface area (Å²) in [4.78, 5) is 22.6. The number of rotatable bonds is 4. The first-order valence-electron chi connectivity index (χ1n) is 12.5. The maximum absolute atomic E-state index is 13.2. The summed E-state index contributed by atoms with van der Waals surface area (Å²) in [5, 5.41) is 14.1. The fraction of sp³-hybridized carbons (Fsp3) is 0.556. The van der Waals surface area contributed by atoms with Crippen LogP contribution in [0.3, 0.4) is 0 Å². The van der Waals surface area contributed by atoms with Gasteiger partial charge in [0.25, 0.3) is 5.91 Å². The zero-order valence-corrected chi connectivity index (χ0v) is 19.4. The summed E-state index contributed by atoms with van der Waals surface area (Å²) in [6.07, 6.45) is 4.92. The van der Waals surface area contributed by atoms with Gasteiger partial charge < -0.3 is 20.2 Å². The monoisotopic (exact) mass is 446 g/mol. The number of nitrogens with one attached hydrogen (secondary N) is 1. The summed E-state index contributed by atoms with van der Waals surface area (Å²) in [5.74, 6) is 2.26. The van der Waals surface area contributed by atoms with Crippen LogP contribution in [0.2, 0.25) is 0 Å². The molecule has 1 aromatic heterocycles. The zero-order valence-electron chi connectivity index (χ0n) is 19.4. The molecule has 2 atom stereocenters. The molecule has 5 fully saturated rings. The normalized spacial score (nSPS) is 32.8. The van der Waals surface area contributed by atoms with Gasteiger partial charge in [0.1, 0.15) is 11.5 Å². The number of hydrogen-bond acceptors (Lipinski definition) is 5. The lowest BCUT2D eigenvalue weighted by Gasteiger charge is -2.58. The number of aliphatic hydroxyl groups is 1. The fourth-order valence-electron chi connectivity index (χ4n) is 7.12. The molecule has 6 heteroatoms. The molecule has 0 radical (unpaired) electrons. The SMILES string of the molecule is Cc1ccc(N2CCN(c3cccc(C(=O)NC4C5CC6CC4CC(O)(C6)C5)n3)CC2)cc1. The van der Waals surface area contributed by atoms with E-state index in [1.807, 2.05) is 18.2 Å². The molecule has 0 spiro atoms. The molecule has 4 saturated carbocycles. The van der Waals surface area contributed by atoms with Gasteiger partial charge in [0.15, 0.2) is 0 Å². The van der Waals surface area contributed by atoms with Gasteiger partial charge in [-0.25, -0.2) is 4.98 Å². The highest BCUT2D eigenvalue weighted by molar-refractivity contribution is 5.93. The maximum atomic E-state index is 13.2. The Morgan fingerprint density at radius 1 is 0.970 bits per heavy atom. The van der Waals surface area contributed by atoms with Gasteiger partial charge in [-0.2, -0.15) is 0 Å². The minimum Gasteiger partial charge on any atom is -0.390 e. The quantitative estimate of drug-likeness (QED) is 0.754. The first kappa shape index (κ1) is 21.0. The number of pyridine rings is 1. The van der Waals surface area contributed by atoms with Gasteiger partial charge in [0.2, 0.25) is 0 Å². The number of amides is 1. The van der Waals surface area contributed by atoms with Crippen LogP contribution in [0.1, 0.15) is 48.2 Å². The van der Waals surface area contributed by atoms with Gasteiger partial charge in [-0.1, -0.05) is 23.8 Å². The Hall–Kier alpha value is -2.60. The summed E-state index contributed by atoms with van der Waals surface area (Å²) >= 11 is 0. The molecule has 2 N–H and O–H groups in total. The second-order valence-electron chi connectivity index (χ2n) is 10.9. The molecule has 33 heavy (non-hydrogen) atoms. The third-order valence-electron chi connectivity index (χ3n) is 8.51. The van der Waals surface area contributed by atoms with Gasteiger partial charge >= 0.3 is 0 Å². The number of piperazine rings is 1. The predicted octanol–water partition coefficient (Wildman–Crippen LogP) is 3.39. The molecule has 4 aliphatic carbocycles. The van der Waals surface area contributed by atoms with E-state index in [1.54, 1.807) is 0 Å². The molecule has 2 aromatic rings. The minimum atomic E-state index is -0.476. The lowest BCUT2D eigenvalue weighted by Crippen LogP contribution is -2.61. The molecule has 6 nitrogen and oxygen atoms in total. The largest absolute Gasteiger partial charge is 0.390 e. The Balaban J connectivity index is 1.10. The van der Waals surface area contributed by atoms with Crippen LogP contribution in [0.15, 0.2) is 42.5 Å². The third-order valence-corrected chi connectivity index (χ3v) is 8.51. The van der Waals surface area contributed by atoms with Gasteiger partial charge in [0, 0.05) is 37.9 Å². The first-order valence-corrected chi connectivity index (χ1v) is 12.5. The van der Waals surface area contributed by atoms with E-state index in [1.165, 1.54) is 11.3 Å². The Morgan fingerprint density at radius 3 is 2.30 bits per heavy atom. The number of hydrogen-bond donors (Lipinski definition) is 2. The minimum absolute atomic E-state index is 0.0698. The van der Waals surface area contributed by atoms with Crippen molar-refractivity contribution in [3.8, 4) is 0 Å². The molecule has 1 aliphatic heterocycles. The molecule has 174 valence electrons. The van der Waals surface area contributed by atoms with E-state index in [2.05, 4.69) is 46.3 Å². The Kier molecular flexibility index (Phi) is 5.09. The van der Waals surface area contributed by atoms with E-state index in [9.17, 15) is 9.90 Å². The van der Waals surface area contributed by atoms with Crippen LogP contribution in [0.4, 0.5) is 11.5 Å². The van der Waals surface area contributed by atoms with Crippen molar-refractivity contribution < 1.29 is 9.90 Å². The van der Waals surface area contributed by atoms with Crippen LogP contribution in [0.25, 0.3) is 0 Å². The van der Waals surface area contributed by atoms with E-state index in [0.717, 1.165) is 64.1 Å². The van der Waals surface area contributed by atoms with Crippen molar-refractivity contribution in [1.29, 1.82) is 0 Å². The number of aromatic nitrogens is 1. The van der Waals surface area contributed by atoms with Crippen LogP contribution in [0, 0.1) is 24.7 Å². The average Bonchev–Trinajstić information content (AvgIpc) is 2.81. The fourth-order valence-corrected chi connectivity index (χ4v) is 7.12. The Bertz CT molecular complexity index is 1010. The Morgan fingerprint density at radius 2 is 1.64 bits per heavy atom. The number of carbonyl (C=O) groups excluding carboxylic acids is 1. The van der Waals surface area contributed by atoms with Gasteiger partial charge in [-0.15, -0.1) is 0 Å². The van der Waals surface area contributed by atoms with Crippen molar-refractivity contribution in [2.75, 3.05) is 36.0 Å². The van der Waals surface area contributed by atoms with E-state index in [0.29, 0.717) is 23.4 Å². The molecule has 1 aromatic carbocycles. The van der Waals surface area contributed by atoms with Crippen LogP contribution >= 0.6 is 0 Å². The molecule has 1 amide bonds. The van der Waals surface area contributed by atoms with Crippen molar-refractivity contribution in [2.45, 2.75) is 50.7 Å². The second kappa shape index (κ2) is 8.01. The first-order chi connectivity index (χ1) is 16.0. The average molecular weight is 447 g/mol. The highest BCUT2D eigenvalue weighted by Crippen LogP contribution is 2.55. The van der Waals surface area contributed by atoms with Crippen LogP contribution < -0.4 is 15.1 Å². The lowest BCUT2D eigenvalue weighted by atomic mass is 9.52. The smallest absolute Gasteiger partial charge is 0.270 e. The number of aryl methyl sites for hydroxylation is 1. The van der Waals surface area contributed by atoms with Crippen molar-refractivity contribution in [1.82, 2.24) is 10.3 Å². The van der Waals surface area contributed by atoms with Crippen molar-refractivity contribution in [2.24, 2.45) is 17.8 Å². The summed E-state index contributed by atoms with van der Waals surface area (Å²) in [5.41, 5.74) is 2.57. The van der Waals surface area contributed by atoms with Crippen LogP contribution in [-0.4, -0.2) is 53.8 Å².